The van der Waals surface area contributed by atoms with Crippen LogP contribution in [-0.4, -0.2) is 60.1 Å². The fraction of sp³-hybridized carbons (Fsp3) is 0.579. The Bertz CT molecular complexity index is 1290. The number of aromatic nitrogens is 7. The number of nitrogens with zero attached hydrogens (tertiary/aromatic N) is 10. The van der Waals surface area contributed by atoms with Crippen molar-refractivity contribution in [1.82, 2.24) is 34.9 Å². The van der Waals surface area contributed by atoms with Crippen LogP contribution in [0, 0.1) is 0 Å². The zero-order valence-electron chi connectivity index (χ0n) is 18.3. The second-order valence-electron chi connectivity index (χ2n) is 9.30. The number of rotatable bonds is 4. The van der Waals surface area contributed by atoms with Gasteiger partial charge >= 0.3 is 11.8 Å². The maximum atomic E-state index is 13.9. The highest BCUT2D eigenvalue weighted by atomic mass is 19.4. The molecule has 10 nitrogen and oxygen atoms in total. The molecule has 34 heavy (non-hydrogen) atoms. The van der Waals surface area contributed by atoms with E-state index in [1.54, 1.807) is 0 Å². The molecule has 1 fully saturated rings. The number of anilines is 1. The first kappa shape index (κ1) is 22.4. The molecular formula is C19H19F5N10. The number of hydrogen-bond donors (Lipinski definition) is 0. The van der Waals surface area contributed by atoms with Crippen LogP contribution in [0.1, 0.15) is 44.3 Å². The van der Waals surface area contributed by atoms with Gasteiger partial charge in [-0.1, -0.05) is 20.8 Å². The Labute approximate surface area is 189 Å². The van der Waals surface area contributed by atoms with Crippen LogP contribution in [0.3, 0.4) is 0 Å². The molecule has 0 aromatic carbocycles. The van der Waals surface area contributed by atoms with Crippen LogP contribution in [0.2, 0.25) is 0 Å². The molecule has 0 radical (unpaired) electrons. The summed E-state index contributed by atoms with van der Waals surface area (Å²) in [7, 11) is 0. The van der Waals surface area contributed by atoms with E-state index in [2.05, 4.69) is 40.4 Å². The van der Waals surface area contributed by atoms with Crippen molar-refractivity contribution in [3.63, 3.8) is 0 Å². The van der Waals surface area contributed by atoms with E-state index in [1.165, 1.54) is 4.90 Å². The summed E-state index contributed by atoms with van der Waals surface area (Å²) in [5.74, 6) is -2.28. The minimum Gasteiger partial charge on any atom is -0.348 e. The standard InChI is InChI=1S/C19H19F5N10/c1-16(2,3)15-27-13-12(14(28-15)33-5-4-17(20,21)8-33)29-34(30-13)7-11-10(6-25-9-26-11)18(31-32-18)19(22,23)24/h6,9H,4-5,7-8H2,1-3H3. The first-order chi connectivity index (χ1) is 15.8. The molecule has 0 aliphatic carbocycles. The van der Waals surface area contributed by atoms with Crippen LogP contribution in [0.15, 0.2) is 22.8 Å². The van der Waals surface area contributed by atoms with Gasteiger partial charge in [0.1, 0.15) is 18.7 Å². The van der Waals surface area contributed by atoms with Gasteiger partial charge in [-0.2, -0.15) is 18.0 Å². The van der Waals surface area contributed by atoms with Crippen LogP contribution in [-0.2, 0) is 17.6 Å². The van der Waals surface area contributed by atoms with Crippen LogP contribution < -0.4 is 4.90 Å². The largest absolute Gasteiger partial charge is 0.442 e. The molecule has 0 spiro atoms. The highest BCUT2D eigenvalue weighted by Crippen LogP contribution is 2.52. The molecule has 2 aliphatic rings. The van der Waals surface area contributed by atoms with Crippen molar-refractivity contribution in [2.75, 3.05) is 18.0 Å². The lowest BCUT2D eigenvalue weighted by atomic mass is 9.96. The Hall–Kier alpha value is -3.39. The van der Waals surface area contributed by atoms with E-state index in [1.807, 2.05) is 20.8 Å². The van der Waals surface area contributed by atoms with Crippen molar-refractivity contribution >= 4 is 17.0 Å². The first-order valence-corrected chi connectivity index (χ1v) is 10.4. The third-order valence-electron chi connectivity index (χ3n) is 5.57. The molecule has 0 unspecified atom stereocenters. The van der Waals surface area contributed by atoms with Crippen molar-refractivity contribution in [1.29, 1.82) is 0 Å². The van der Waals surface area contributed by atoms with E-state index >= 15 is 0 Å². The third kappa shape index (κ3) is 3.72. The lowest BCUT2D eigenvalue weighted by Gasteiger charge is -2.21. The zero-order valence-corrected chi connectivity index (χ0v) is 18.3. The molecule has 3 aromatic heterocycles. The Balaban J connectivity index is 1.57. The van der Waals surface area contributed by atoms with Gasteiger partial charge in [-0.25, -0.2) is 28.7 Å². The molecule has 0 amide bonds. The number of halogens is 5. The van der Waals surface area contributed by atoms with Crippen molar-refractivity contribution < 1.29 is 22.0 Å². The zero-order chi connectivity index (χ0) is 24.5. The number of hydrogen-bond acceptors (Lipinski definition) is 9. The van der Waals surface area contributed by atoms with Crippen molar-refractivity contribution in [2.24, 2.45) is 10.2 Å². The van der Waals surface area contributed by atoms with Gasteiger partial charge in [0.25, 0.3) is 5.92 Å². The van der Waals surface area contributed by atoms with Crippen molar-refractivity contribution in [3.8, 4) is 0 Å². The van der Waals surface area contributed by atoms with Crippen molar-refractivity contribution in [2.45, 2.75) is 56.9 Å². The smallest absolute Gasteiger partial charge is 0.348 e. The molecule has 3 aromatic rings. The molecule has 180 valence electrons. The monoisotopic (exact) mass is 482 g/mol. The van der Waals surface area contributed by atoms with Gasteiger partial charge < -0.3 is 4.90 Å². The van der Waals surface area contributed by atoms with E-state index in [4.69, 9.17) is 0 Å². The molecule has 2 aliphatic heterocycles. The average Bonchev–Trinajstić information content (AvgIpc) is 3.33. The molecule has 0 saturated carbocycles. The van der Waals surface area contributed by atoms with Crippen LogP contribution in [0.5, 0.6) is 0 Å². The van der Waals surface area contributed by atoms with Gasteiger partial charge in [-0.05, 0) is 0 Å². The molecule has 0 bridgehead atoms. The highest BCUT2D eigenvalue weighted by Gasteiger charge is 2.66. The normalized spacial score (nSPS) is 19.2. The molecule has 1 saturated heterocycles. The fourth-order valence-electron chi connectivity index (χ4n) is 3.71. The summed E-state index contributed by atoms with van der Waals surface area (Å²) in [5.41, 5.74) is -3.26. The molecule has 0 N–H and O–H groups in total. The summed E-state index contributed by atoms with van der Waals surface area (Å²) in [6.45, 7) is 4.89. The minimum atomic E-state index is -4.75. The molecule has 15 heteroatoms. The highest BCUT2D eigenvalue weighted by molar-refractivity contribution is 5.82. The Morgan fingerprint density at radius 1 is 1.06 bits per heavy atom. The lowest BCUT2D eigenvalue weighted by Crippen LogP contribution is -2.32. The van der Waals surface area contributed by atoms with Gasteiger partial charge in [0, 0.05) is 24.6 Å². The Morgan fingerprint density at radius 3 is 2.38 bits per heavy atom. The quantitative estimate of drug-likeness (QED) is 0.524. The van der Waals surface area contributed by atoms with E-state index in [9.17, 15) is 22.0 Å². The average molecular weight is 482 g/mol. The predicted octanol–water partition coefficient (Wildman–Crippen LogP) is 3.38. The van der Waals surface area contributed by atoms with E-state index < -0.39 is 29.7 Å². The maximum absolute atomic E-state index is 13.9. The molecular weight excluding hydrogens is 463 g/mol. The Morgan fingerprint density at radius 2 is 1.79 bits per heavy atom. The first-order valence-electron chi connectivity index (χ1n) is 10.4. The SMILES string of the molecule is CC(C)(C)c1nc(N2CCC(F)(F)C2)c2nn(Cc3ncncc3C3(C(F)(F)F)N=N3)nc2n1. The van der Waals surface area contributed by atoms with Crippen LogP contribution >= 0.6 is 0 Å². The van der Waals surface area contributed by atoms with E-state index in [-0.39, 0.29) is 47.7 Å². The van der Waals surface area contributed by atoms with Crippen LogP contribution in [0.4, 0.5) is 27.8 Å². The van der Waals surface area contributed by atoms with Gasteiger partial charge in [0.15, 0.2) is 11.3 Å². The van der Waals surface area contributed by atoms with Crippen molar-refractivity contribution in [3.05, 3.63) is 29.6 Å². The molecule has 0 atom stereocenters. The lowest BCUT2D eigenvalue weighted by molar-refractivity contribution is -0.166. The maximum Gasteiger partial charge on any atom is 0.442 e. The van der Waals surface area contributed by atoms with E-state index in [0.717, 1.165) is 17.3 Å². The molecule has 5 rings (SSSR count). The summed E-state index contributed by atoms with van der Waals surface area (Å²) in [4.78, 5) is 19.1. The minimum absolute atomic E-state index is 0.0316. The summed E-state index contributed by atoms with van der Waals surface area (Å²) in [5, 5.41) is 15.0. The van der Waals surface area contributed by atoms with Gasteiger partial charge in [-0.15, -0.1) is 20.4 Å². The van der Waals surface area contributed by atoms with Gasteiger partial charge in [-0.3, -0.25) is 0 Å². The summed E-state index contributed by atoms with van der Waals surface area (Å²) in [6, 6.07) is 0. The topological polar surface area (TPSA) is 110 Å². The summed E-state index contributed by atoms with van der Waals surface area (Å²) < 4.78 is 68.5. The van der Waals surface area contributed by atoms with Gasteiger partial charge in [0.2, 0.25) is 5.65 Å². The summed E-state index contributed by atoms with van der Waals surface area (Å²) >= 11 is 0. The van der Waals surface area contributed by atoms with E-state index in [0.29, 0.717) is 5.82 Å². The number of alkyl halides is 5. The second-order valence-corrected chi connectivity index (χ2v) is 9.30. The third-order valence-corrected chi connectivity index (χ3v) is 5.57. The van der Waals surface area contributed by atoms with Crippen LogP contribution in [0.25, 0.3) is 11.2 Å². The van der Waals surface area contributed by atoms with Gasteiger partial charge in [0.05, 0.1) is 17.8 Å². The fourth-order valence-corrected chi connectivity index (χ4v) is 3.71. The summed E-state index contributed by atoms with van der Waals surface area (Å²) in [6.07, 6.45) is -2.97. The second kappa shape index (κ2) is 7.06. The molecule has 5 heterocycles. The number of fused-ring (bicyclic) bond motifs is 1. The Kier molecular flexibility index (Phi) is 4.65. The predicted molar refractivity (Wildman–Crippen MR) is 107 cm³/mol.